The summed E-state index contributed by atoms with van der Waals surface area (Å²) in [4.78, 5) is 0. The summed E-state index contributed by atoms with van der Waals surface area (Å²) < 4.78 is 27.4. The van der Waals surface area contributed by atoms with E-state index in [0.717, 1.165) is 41.2 Å². The van der Waals surface area contributed by atoms with Crippen molar-refractivity contribution < 1.29 is 23.7 Å². The van der Waals surface area contributed by atoms with Crippen LogP contribution in [0.1, 0.15) is 29.9 Å². The van der Waals surface area contributed by atoms with Crippen molar-refractivity contribution >= 4 is 6.08 Å². The highest BCUT2D eigenvalue weighted by atomic mass is 16.5. The van der Waals surface area contributed by atoms with Gasteiger partial charge in [-0.1, -0.05) is 30.4 Å². The first-order valence-corrected chi connectivity index (χ1v) is 10.0. The molecule has 0 radical (unpaired) electrons. The van der Waals surface area contributed by atoms with Crippen LogP contribution in [-0.2, 0) is 0 Å². The zero-order valence-electron chi connectivity index (χ0n) is 18.3. The quantitative estimate of drug-likeness (QED) is 0.538. The Balaban J connectivity index is 1.93. The van der Waals surface area contributed by atoms with Gasteiger partial charge in [-0.3, -0.25) is 0 Å². The van der Waals surface area contributed by atoms with E-state index < -0.39 is 0 Å². The van der Waals surface area contributed by atoms with Crippen LogP contribution in [0.4, 0.5) is 0 Å². The Labute approximate surface area is 178 Å². The molecule has 160 valence electrons. The average molecular weight is 411 g/mol. The van der Waals surface area contributed by atoms with E-state index in [2.05, 4.69) is 24.3 Å². The highest BCUT2D eigenvalue weighted by Gasteiger charge is 2.26. The molecule has 5 nitrogen and oxygen atoms in total. The lowest BCUT2D eigenvalue weighted by Gasteiger charge is -2.27. The monoisotopic (exact) mass is 410 g/mol. The van der Waals surface area contributed by atoms with Gasteiger partial charge in [0.25, 0.3) is 0 Å². The highest BCUT2D eigenvalue weighted by Crippen LogP contribution is 2.44. The third kappa shape index (κ3) is 4.56. The molecule has 0 bridgehead atoms. The fourth-order valence-electron chi connectivity index (χ4n) is 3.91. The second kappa shape index (κ2) is 10.1. The van der Waals surface area contributed by atoms with Crippen molar-refractivity contribution in [2.75, 3.05) is 35.5 Å². The third-order valence-corrected chi connectivity index (χ3v) is 5.51. The second-order valence-electron chi connectivity index (χ2n) is 7.12. The number of benzene rings is 2. The molecule has 0 N–H and O–H groups in total. The van der Waals surface area contributed by atoms with E-state index in [1.165, 1.54) is 0 Å². The lowest BCUT2D eigenvalue weighted by Crippen LogP contribution is -2.13. The van der Waals surface area contributed by atoms with Gasteiger partial charge in [0, 0.05) is 17.5 Å². The predicted octanol–water partition coefficient (Wildman–Crippen LogP) is 5.49. The molecule has 0 saturated carbocycles. The maximum absolute atomic E-state index is 5.68. The Bertz CT molecular complexity index is 916. The summed E-state index contributed by atoms with van der Waals surface area (Å²) in [5.74, 6) is 4.13. The molecule has 0 heterocycles. The van der Waals surface area contributed by atoms with Gasteiger partial charge in [0.05, 0.1) is 35.5 Å². The Morgan fingerprint density at radius 1 is 0.733 bits per heavy atom. The molecule has 0 amide bonds. The van der Waals surface area contributed by atoms with E-state index in [4.69, 9.17) is 23.7 Å². The number of ether oxygens (including phenoxy) is 5. The Morgan fingerprint density at radius 3 is 2.03 bits per heavy atom. The number of methoxy groups -OCH3 is 5. The van der Waals surface area contributed by atoms with E-state index in [1.54, 1.807) is 35.5 Å². The van der Waals surface area contributed by atoms with Gasteiger partial charge in [-0.2, -0.15) is 0 Å². The number of hydrogen-bond donors (Lipinski definition) is 0. The maximum Gasteiger partial charge on any atom is 0.164 e. The molecule has 0 aliphatic heterocycles. The van der Waals surface area contributed by atoms with E-state index in [9.17, 15) is 0 Å². The summed E-state index contributed by atoms with van der Waals surface area (Å²) in [7, 11) is 8.26. The summed E-state index contributed by atoms with van der Waals surface area (Å²) >= 11 is 0. The first kappa shape index (κ1) is 21.6. The summed E-state index contributed by atoms with van der Waals surface area (Å²) in [6, 6.07) is 9.86. The lowest BCUT2D eigenvalue weighted by atomic mass is 9.78. The fourth-order valence-corrected chi connectivity index (χ4v) is 3.91. The van der Waals surface area contributed by atoms with Crippen LogP contribution in [0.2, 0.25) is 0 Å². The van der Waals surface area contributed by atoms with Crippen molar-refractivity contribution in [3.05, 3.63) is 59.7 Å². The molecule has 5 heteroatoms. The molecule has 2 aromatic rings. The van der Waals surface area contributed by atoms with Gasteiger partial charge in [-0.05, 0) is 42.5 Å². The maximum atomic E-state index is 5.68. The Hall–Kier alpha value is -3.08. The van der Waals surface area contributed by atoms with Gasteiger partial charge in [0.2, 0.25) is 0 Å². The van der Waals surface area contributed by atoms with E-state index >= 15 is 0 Å². The zero-order valence-corrected chi connectivity index (χ0v) is 18.3. The zero-order chi connectivity index (χ0) is 21.5. The van der Waals surface area contributed by atoms with Gasteiger partial charge in [0.15, 0.2) is 23.0 Å². The summed E-state index contributed by atoms with van der Waals surface area (Å²) in [6.45, 7) is 0. The normalized spacial score (nSPS) is 18.3. The minimum Gasteiger partial charge on any atom is -0.496 e. The van der Waals surface area contributed by atoms with Crippen molar-refractivity contribution in [2.24, 2.45) is 5.92 Å². The van der Waals surface area contributed by atoms with Crippen LogP contribution in [0.25, 0.3) is 6.08 Å². The lowest BCUT2D eigenvalue weighted by molar-refractivity contribution is 0.345. The number of allylic oxidation sites excluding steroid dienone is 3. The van der Waals surface area contributed by atoms with Crippen LogP contribution in [0, 0.1) is 5.92 Å². The molecule has 30 heavy (non-hydrogen) atoms. The molecular formula is C25H30O5. The van der Waals surface area contributed by atoms with E-state index in [-0.39, 0.29) is 5.92 Å². The molecule has 0 fully saturated rings. The molecule has 0 saturated heterocycles. The van der Waals surface area contributed by atoms with Crippen molar-refractivity contribution in [3.63, 3.8) is 0 Å². The standard InChI is InChI=1S/C25H30O5/c1-26-21-13-11-17(14-23(21)28-3)10-12-18-8-6-7-9-19(18)20-15-24(29-4)25(30-5)16-22(20)27-2/h7,9-16,18-19H,6,8H2,1-5H3/b12-10+/t18-,19-/m1/s1. The van der Waals surface area contributed by atoms with Crippen LogP contribution < -0.4 is 23.7 Å². The molecule has 0 unspecified atom stereocenters. The average Bonchev–Trinajstić information content (AvgIpc) is 2.81. The molecular weight excluding hydrogens is 380 g/mol. The minimum absolute atomic E-state index is 0.185. The van der Waals surface area contributed by atoms with E-state index in [0.29, 0.717) is 17.4 Å². The first-order chi connectivity index (χ1) is 14.6. The van der Waals surface area contributed by atoms with Crippen LogP contribution in [-0.4, -0.2) is 35.5 Å². The molecule has 1 aliphatic rings. The van der Waals surface area contributed by atoms with Crippen LogP contribution in [0.5, 0.6) is 28.7 Å². The predicted molar refractivity (Wildman–Crippen MR) is 119 cm³/mol. The first-order valence-electron chi connectivity index (χ1n) is 10.0. The molecule has 0 aromatic heterocycles. The van der Waals surface area contributed by atoms with Gasteiger partial charge in [-0.25, -0.2) is 0 Å². The third-order valence-electron chi connectivity index (χ3n) is 5.51. The molecule has 2 atom stereocenters. The Kier molecular flexibility index (Phi) is 7.28. The number of rotatable bonds is 8. The van der Waals surface area contributed by atoms with Crippen molar-refractivity contribution in [2.45, 2.75) is 18.8 Å². The fraction of sp³-hybridized carbons (Fsp3) is 0.360. The van der Waals surface area contributed by atoms with Gasteiger partial charge in [-0.15, -0.1) is 0 Å². The van der Waals surface area contributed by atoms with Crippen molar-refractivity contribution in [1.82, 2.24) is 0 Å². The van der Waals surface area contributed by atoms with Crippen molar-refractivity contribution in [3.8, 4) is 28.7 Å². The van der Waals surface area contributed by atoms with Gasteiger partial charge in [0.1, 0.15) is 5.75 Å². The summed E-state index contributed by atoms with van der Waals surface area (Å²) in [6.07, 6.45) is 11.0. The SMILES string of the molecule is COc1ccc(/C=C/[C@H]2CCC=C[C@H]2c2cc(OC)c(OC)cc2OC)cc1OC. The topological polar surface area (TPSA) is 46.2 Å². The van der Waals surface area contributed by atoms with Crippen LogP contribution in [0.3, 0.4) is 0 Å². The van der Waals surface area contributed by atoms with Gasteiger partial charge >= 0.3 is 0 Å². The number of hydrogen-bond acceptors (Lipinski definition) is 5. The largest absolute Gasteiger partial charge is 0.496 e. The highest BCUT2D eigenvalue weighted by molar-refractivity contribution is 5.57. The van der Waals surface area contributed by atoms with Gasteiger partial charge < -0.3 is 23.7 Å². The Morgan fingerprint density at radius 2 is 1.37 bits per heavy atom. The minimum atomic E-state index is 0.185. The second-order valence-corrected chi connectivity index (χ2v) is 7.12. The molecule has 0 spiro atoms. The molecule has 3 rings (SSSR count). The summed E-state index contributed by atoms with van der Waals surface area (Å²) in [5.41, 5.74) is 2.16. The molecule has 2 aromatic carbocycles. The van der Waals surface area contributed by atoms with Crippen LogP contribution >= 0.6 is 0 Å². The van der Waals surface area contributed by atoms with Crippen molar-refractivity contribution in [1.29, 1.82) is 0 Å². The smallest absolute Gasteiger partial charge is 0.164 e. The van der Waals surface area contributed by atoms with Crippen LogP contribution in [0.15, 0.2) is 48.6 Å². The van der Waals surface area contributed by atoms with E-state index in [1.807, 2.05) is 30.3 Å². The summed E-state index contributed by atoms with van der Waals surface area (Å²) in [5, 5.41) is 0. The molecule has 1 aliphatic carbocycles.